The Hall–Kier alpha value is -2.90. The third kappa shape index (κ3) is 3.54. The van der Waals surface area contributed by atoms with Crippen molar-refractivity contribution in [2.24, 2.45) is 22.1 Å². The van der Waals surface area contributed by atoms with Crippen LogP contribution in [0.25, 0.3) is 0 Å². The largest absolute Gasteiger partial charge is 0.510 e. The first-order chi connectivity index (χ1) is 12.5. The molecule has 0 heterocycles. The van der Waals surface area contributed by atoms with Gasteiger partial charge in [-0.15, -0.1) is 5.11 Å². The molecule has 8 heteroatoms. The number of ketones is 1. The molecule has 1 aromatic carbocycles. The number of Topliss-reactive ketones (excluding diaryl/α,β-unsaturated/α-hetero) is 1. The summed E-state index contributed by atoms with van der Waals surface area (Å²) in [7, 11) is 3.00. The summed E-state index contributed by atoms with van der Waals surface area (Å²) in [6.45, 7) is 0. The van der Waals surface area contributed by atoms with Crippen LogP contribution in [0.4, 0.5) is 10.5 Å². The Morgan fingerprint density at radius 2 is 1.73 bits per heavy atom. The quantitative estimate of drug-likeness (QED) is 0.794. The van der Waals surface area contributed by atoms with E-state index in [4.69, 9.17) is 9.47 Å². The zero-order valence-corrected chi connectivity index (χ0v) is 14.7. The lowest BCUT2D eigenvalue weighted by atomic mass is 9.80. The number of methoxy groups -OCH3 is 2. The number of carbonyl (C=O) groups excluding carboxylic acids is 2. The smallest absolute Gasteiger partial charge is 0.364 e. The Morgan fingerprint density at radius 1 is 1.12 bits per heavy atom. The highest BCUT2D eigenvalue weighted by Crippen LogP contribution is 2.42. The van der Waals surface area contributed by atoms with E-state index in [1.807, 2.05) is 0 Å². The maximum absolute atomic E-state index is 12.4. The minimum absolute atomic E-state index is 0.0423. The normalized spacial score (nSPS) is 22.5. The van der Waals surface area contributed by atoms with Crippen LogP contribution in [0.15, 0.2) is 39.9 Å². The summed E-state index contributed by atoms with van der Waals surface area (Å²) in [6, 6.07) is 4.10. The number of hydrogen-bond acceptors (Lipinski definition) is 6. The maximum atomic E-state index is 12.4. The molecule has 2 unspecified atom stereocenters. The van der Waals surface area contributed by atoms with Crippen LogP contribution in [0.1, 0.15) is 25.7 Å². The van der Waals surface area contributed by atoms with Gasteiger partial charge in [0.05, 0.1) is 14.2 Å². The molecule has 1 aromatic rings. The Kier molecular flexibility index (Phi) is 5.20. The topological polar surface area (TPSA) is 110 Å². The van der Waals surface area contributed by atoms with E-state index in [2.05, 4.69) is 15.5 Å². The van der Waals surface area contributed by atoms with Gasteiger partial charge < -0.3 is 19.9 Å². The molecule has 0 spiro atoms. The van der Waals surface area contributed by atoms with Gasteiger partial charge >= 0.3 is 6.03 Å². The number of urea groups is 1. The molecule has 1 saturated carbocycles. The molecule has 138 valence electrons. The molecular weight excluding hydrogens is 338 g/mol. The van der Waals surface area contributed by atoms with Crippen molar-refractivity contribution in [2.75, 3.05) is 19.5 Å². The maximum Gasteiger partial charge on any atom is 0.364 e. The first-order valence-electron chi connectivity index (χ1n) is 8.46. The number of aliphatic hydroxyl groups is 1. The molecule has 1 fully saturated rings. The van der Waals surface area contributed by atoms with Crippen LogP contribution < -0.4 is 14.8 Å². The summed E-state index contributed by atoms with van der Waals surface area (Å²) in [5.74, 6) is 0.324. The molecule has 0 bridgehead atoms. The van der Waals surface area contributed by atoms with E-state index in [9.17, 15) is 14.7 Å². The number of rotatable bonds is 4. The second-order valence-electron chi connectivity index (χ2n) is 6.33. The van der Waals surface area contributed by atoms with Gasteiger partial charge in [0.15, 0.2) is 11.5 Å². The van der Waals surface area contributed by atoms with E-state index in [1.165, 1.54) is 14.2 Å². The van der Waals surface area contributed by atoms with Crippen molar-refractivity contribution in [1.29, 1.82) is 0 Å². The summed E-state index contributed by atoms with van der Waals surface area (Å²) < 4.78 is 10.3. The van der Waals surface area contributed by atoms with E-state index >= 15 is 0 Å². The molecule has 2 aliphatic carbocycles. The molecule has 0 saturated heterocycles. The lowest BCUT2D eigenvalue weighted by Crippen LogP contribution is -2.21. The first kappa shape index (κ1) is 17.9. The van der Waals surface area contributed by atoms with E-state index in [0.717, 1.165) is 25.7 Å². The number of carbonyl (C=O) groups is 2. The van der Waals surface area contributed by atoms with Crippen molar-refractivity contribution in [2.45, 2.75) is 25.7 Å². The average Bonchev–Trinajstić information content (AvgIpc) is 2.90. The Labute approximate surface area is 150 Å². The predicted octanol–water partition coefficient (Wildman–Crippen LogP) is 3.85. The van der Waals surface area contributed by atoms with E-state index in [1.54, 1.807) is 18.2 Å². The van der Waals surface area contributed by atoms with Crippen LogP contribution in [0, 0.1) is 11.8 Å². The van der Waals surface area contributed by atoms with Crippen LogP contribution in [-0.2, 0) is 4.79 Å². The Bertz CT molecular complexity index is 765. The summed E-state index contributed by atoms with van der Waals surface area (Å²) >= 11 is 0. The van der Waals surface area contributed by atoms with Crippen molar-refractivity contribution in [1.82, 2.24) is 0 Å². The van der Waals surface area contributed by atoms with Gasteiger partial charge in [-0.25, -0.2) is 4.79 Å². The summed E-state index contributed by atoms with van der Waals surface area (Å²) in [5, 5.41) is 20.0. The van der Waals surface area contributed by atoms with Crippen molar-refractivity contribution >= 4 is 17.5 Å². The highest BCUT2D eigenvalue weighted by Gasteiger charge is 2.43. The second kappa shape index (κ2) is 7.55. The number of allylic oxidation sites excluding steroid dienone is 2. The fourth-order valence-electron chi connectivity index (χ4n) is 3.47. The Balaban J connectivity index is 1.72. The fraction of sp³-hybridized carbons (Fsp3) is 0.444. The Morgan fingerprint density at radius 3 is 2.31 bits per heavy atom. The van der Waals surface area contributed by atoms with E-state index < -0.39 is 6.03 Å². The van der Waals surface area contributed by atoms with Crippen molar-refractivity contribution < 1.29 is 24.2 Å². The van der Waals surface area contributed by atoms with Gasteiger partial charge in [-0.3, -0.25) is 4.79 Å². The summed E-state index contributed by atoms with van der Waals surface area (Å²) in [6.07, 6.45) is 3.43. The molecule has 8 nitrogen and oxygen atoms in total. The number of nitrogens with zero attached hydrogens (tertiary/aromatic N) is 2. The van der Waals surface area contributed by atoms with Crippen molar-refractivity contribution in [3.8, 4) is 11.5 Å². The zero-order valence-electron chi connectivity index (χ0n) is 14.7. The van der Waals surface area contributed by atoms with Crippen LogP contribution >= 0.6 is 0 Å². The number of anilines is 1. The first-order valence-corrected chi connectivity index (χ1v) is 8.46. The average molecular weight is 359 g/mol. The van der Waals surface area contributed by atoms with Gasteiger partial charge in [-0.05, 0) is 12.8 Å². The summed E-state index contributed by atoms with van der Waals surface area (Å²) in [5.41, 5.74) is 0.315. The number of nitrogens with one attached hydrogen (secondary N) is 1. The molecule has 2 atom stereocenters. The number of ether oxygens (including phenoxy) is 2. The fourth-order valence-corrected chi connectivity index (χ4v) is 3.47. The minimum Gasteiger partial charge on any atom is -0.510 e. The zero-order chi connectivity index (χ0) is 18.7. The monoisotopic (exact) mass is 359 g/mol. The van der Waals surface area contributed by atoms with E-state index in [-0.39, 0.29) is 29.1 Å². The number of benzene rings is 1. The lowest BCUT2D eigenvalue weighted by molar-refractivity contribution is -0.120. The lowest BCUT2D eigenvalue weighted by Gasteiger charge is -2.23. The van der Waals surface area contributed by atoms with Crippen molar-refractivity contribution in [3.05, 3.63) is 29.7 Å². The molecular formula is C18H21N3O5. The standard InChI is InChI=1S/C18H21N3O5/c1-25-11-7-10(8-12(9-11)26-2)19-18(24)21-20-15-16(22)13-5-3-4-6-14(13)17(15)23/h7-9,13-14,22H,3-6H2,1-2H3,(H,19,24). The van der Waals surface area contributed by atoms with Crippen LogP contribution in [0.2, 0.25) is 0 Å². The third-order valence-electron chi connectivity index (χ3n) is 4.77. The molecule has 3 rings (SSSR count). The highest BCUT2D eigenvalue weighted by atomic mass is 16.5. The third-order valence-corrected chi connectivity index (χ3v) is 4.77. The predicted molar refractivity (Wildman–Crippen MR) is 93.5 cm³/mol. The molecule has 0 aliphatic heterocycles. The van der Waals surface area contributed by atoms with Gasteiger partial charge in [-0.1, -0.05) is 18.0 Å². The van der Waals surface area contributed by atoms with Gasteiger partial charge in [0.25, 0.3) is 0 Å². The molecule has 2 N–H and O–H groups in total. The molecule has 0 aromatic heterocycles. The van der Waals surface area contributed by atoms with E-state index in [0.29, 0.717) is 17.2 Å². The number of fused-ring (bicyclic) bond motifs is 1. The second-order valence-corrected chi connectivity index (χ2v) is 6.33. The number of hydrogen-bond donors (Lipinski definition) is 2. The molecule has 2 aliphatic rings. The number of azo groups is 1. The molecule has 2 amide bonds. The van der Waals surface area contributed by atoms with Gasteiger partial charge in [0.2, 0.25) is 0 Å². The number of amides is 2. The van der Waals surface area contributed by atoms with Crippen LogP contribution in [0.3, 0.4) is 0 Å². The van der Waals surface area contributed by atoms with Gasteiger partial charge in [0, 0.05) is 35.7 Å². The highest BCUT2D eigenvalue weighted by molar-refractivity contribution is 6.00. The molecule has 26 heavy (non-hydrogen) atoms. The van der Waals surface area contributed by atoms with Gasteiger partial charge in [0.1, 0.15) is 17.3 Å². The molecule has 0 radical (unpaired) electrons. The SMILES string of the molecule is COc1cc(NC(=O)N=NC2=C(O)C3CCCCC3C2=O)cc(OC)c1. The number of aliphatic hydroxyl groups excluding tert-OH is 1. The van der Waals surface area contributed by atoms with Crippen molar-refractivity contribution in [3.63, 3.8) is 0 Å². The van der Waals surface area contributed by atoms with Crippen LogP contribution in [-0.4, -0.2) is 31.1 Å². The minimum atomic E-state index is -0.761. The summed E-state index contributed by atoms with van der Waals surface area (Å²) in [4.78, 5) is 24.4. The van der Waals surface area contributed by atoms with Crippen LogP contribution in [0.5, 0.6) is 11.5 Å². The van der Waals surface area contributed by atoms with Gasteiger partial charge in [-0.2, -0.15) is 0 Å².